The van der Waals surface area contributed by atoms with Crippen molar-refractivity contribution in [3.8, 4) is 11.4 Å². The Kier molecular flexibility index (Phi) is 5.12. The van der Waals surface area contributed by atoms with Gasteiger partial charge in [0.1, 0.15) is 0 Å². The normalized spacial score (nSPS) is 10.4. The minimum absolute atomic E-state index is 0.0233. The first-order chi connectivity index (χ1) is 13.0. The molecule has 7 nitrogen and oxygen atoms in total. The molecule has 0 saturated heterocycles. The summed E-state index contributed by atoms with van der Waals surface area (Å²) in [4.78, 5) is 32.2. The molecule has 7 heteroatoms. The number of anilines is 2. The Labute approximate surface area is 155 Å². The van der Waals surface area contributed by atoms with Gasteiger partial charge in [-0.15, -0.1) is 0 Å². The number of nitrogen functional groups attached to an aromatic ring is 1. The third-order valence-corrected chi connectivity index (χ3v) is 3.87. The monoisotopic (exact) mass is 362 g/mol. The van der Waals surface area contributed by atoms with E-state index in [2.05, 4.69) is 21.9 Å². The predicted molar refractivity (Wildman–Crippen MR) is 104 cm³/mol. The first-order valence-corrected chi connectivity index (χ1v) is 8.29. The lowest BCUT2D eigenvalue weighted by atomic mass is 10.0. The van der Waals surface area contributed by atoms with Gasteiger partial charge in [-0.1, -0.05) is 30.8 Å². The summed E-state index contributed by atoms with van der Waals surface area (Å²) < 4.78 is 4.98. The van der Waals surface area contributed by atoms with Crippen molar-refractivity contribution in [2.75, 3.05) is 17.7 Å². The van der Waals surface area contributed by atoms with Crippen molar-refractivity contribution in [1.29, 1.82) is 0 Å². The van der Waals surface area contributed by atoms with Crippen LogP contribution < -0.4 is 11.1 Å². The maximum atomic E-state index is 12.0. The molecule has 1 heterocycles. The second-order valence-electron chi connectivity index (χ2n) is 5.65. The first kappa shape index (κ1) is 18.1. The quantitative estimate of drug-likeness (QED) is 0.533. The van der Waals surface area contributed by atoms with E-state index in [9.17, 15) is 9.59 Å². The molecule has 3 rings (SSSR count). The van der Waals surface area contributed by atoms with E-state index < -0.39 is 5.97 Å². The SMILES string of the molecule is C=CC(=O)Nc1cccc2ccc(-c3ncc(N)c(C(=O)OCC)n3)cc12. The van der Waals surface area contributed by atoms with E-state index in [1.54, 1.807) is 13.0 Å². The predicted octanol–water partition coefficient (Wildman–Crippen LogP) is 3.18. The number of amides is 1. The van der Waals surface area contributed by atoms with E-state index in [1.807, 2.05) is 30.3 Å². The summed E-state index contributed by atoms with van der Waals surface area (Å²) in [6.45, 7) is 5.39. The van der Waals surface area contributed by atoms with Crippen LogP contribution in [0.5, 0.6) is 0 Å². The zero-order chi connectivity index (χ0) is 19.4. The lowest BCUT2D eigenvalue weighted by Gasteiger charge is -2.10. The molecule has 3 N–H and O–H groups in total. The van der Waals surface area contributed by atoms with Gasteiger partial charge in [-0.2, -0.15) is 0 Å². The highest BCUT2D eigenvalue weighted by Crippen LogP contribution is 2.28. The van der Waals surface area contributed by atoms with Crippen molar-refractivity contribution in [3.63, 3.8) is 0 Å². The van der Waals surface area contributed by atoms with Gasteiger partial charge >= 0.3 is 5.97 Å². The largest absolute Gasteiger partial charge is 0.461 e. The Morgan fingerprint density at radius 1 is 1.30 bits per heavy atom. The highest BCUT2D eigenvalue weighted by atomic mass is 16.5. The summed E-state index contributed by atoms with van der Waals surface area (Å²) in [7, 11) is 0. The molecule has 0 aliphatic rings. The molecule has 0 radical (unpaired) electrons. The third kappa shape index (κ3) is 3.77. The Balaban J connectivity index is 2.08. The second kappa shape index (κ2) is 7.65. The van der Waals surface area contributed by atoms with Crippen molar-refractivity contribution in [1.82, 2.24) is 9.97 Å². The molecule has 0 fully saturated rings. The van der Waals surface area contributed by atoms with Gasteiger partial charge in [-0.3, -0.25) is 4.79 Å². The van der Waals surface area contributed by atoms with Crippen LogP contribution in [0.2, 0.25) is 0 Å². The van der Waals surface area contributed by atoms with Gasteiger partial charge in [-0.25, -0.2) is 14.8 Å². The Hall–Kier alpha value is -3.74. The molecule has 0 spiro atoms. The average Bonchev–Trinajstić information content (AvgIpc) is 2.68. The fraction of sp³-hybridized carbons (Fsp3) is 0.100. The van der Waals surface area contributed by atoms with Crippen LogP contribution in [0.1, 0.15) is 17.4 Å². The number of rotatable bonds is 5. The maximum Gasteiger partial charge on any atom is 0.359 e. The number of ether oxygens (including phenoxy) is 1. The van der Waals surface area contributed by atoms with Crippen LogP contribution in [0.25, 0.3) is 22.2 Å². The topological polar surface area (TPSA) is 107 Å². The van der Waals surface area contributed by atoms with E-state index in [0.717, 1.165) is 10.8 Å². The van der Waals surface area contributed by atoms with E-state index >= 15 is 0 Å². The summed E-state index contributed by atoms with van der Waals surface area (Å²) in [5.74, 6) is -0.571. The van der Waals surface area contributed by atoms with Crippen molar-refractivity contribution in [2.24, 2.45) is 0 Å². The van der Waals surface area contributed by atoms with Gasteiger partial charge in [-0.05, 0) is 30.5 Å². The van der Waals surface area contributed by atoms with Gasteiger partial charge in [0.2, 0.25) is 5.91 Å². The number of benzene rings is 2. The zero-order valence-corrected chi connectivity index (χ0v) is 14.7. The molecule has 27 heavy (non-hydrogen) atoms. The van der Waals surface area contributed by atoms with Gasteiger partial charge in [0.05, 0.1) is 18.5 Å². The first-order valence-electron chi connectivity index (χ1n) is 8.29. The highest BCUT2D eigenvalue weighted by Gasteiger charge is 2.16. The summed E-state index contributed by atoms with van der Waals surface area (Å²) in [6, 6.07) is 11.1. The van der Waals surface area contributed by atoms with Crippen LogP contribution in [0.3, 0.4) is 0 Å². The van der Waals surface area contributed by atoms with Crippen molar-refractivity contribution >= 4 is 34.0 Å². The number of nitrogens with one attached hydrogen (secondary N) is 1. The fourth-order valence-corrected chi connectivity index (χ4v) is 2.60. The summed E-state index contributed by atoms with van der Waals surface area (Å²) in [6.07, 6.45) is 2.58. The molecule has 1 aromatic heterocycles. The van der Waals surface area contributed by atoms with Crippen molar-refractivity contribution in [2.45, 2.75) is 6.92 Å². The number of esters is 1. The second-order valence-corrected chi connectivity index (χ2v) is 5.65. The zero-order valence-electron chi connectivity index (χ0n) is 14.7. The number of carbonyl (C=O) groups is 2. The summed E-state index contributed by atoms with van der Waals surface area (Å²) >= 11 is 0. The van der Waals surface area contributed by atoms with Crippen LogP contribution in [0.15, 0.2) is 55.3 Å². The minimum Gasteiger partial charge on any atom is -0.461 e. The van der Waals surface area contributed by atoms with E-state index in [4.69, 9.17) is 10.5 Å². The lowest BCUT2D eigenvalue weighted by molar-refractivity contribution is -0.111. The van der Waals surface area contributed by atoms with Gasteiger partial charge in [0.15, 0.2) is 11.5 Å². The smallest absolute Gasteiger partial charge is 0.359 e. The number of hydrogen-bond donors (Lipinski definition) is 2. The molecule has 136 valence electrons. The summed E-state index contributed by atoms with van der Waals surface area (Å²) in [5.41, 5.74) is 7.29. The Morgan fingerprint density at radius 2 is 2.11 bits per heavy atom. The van der Waals surface area contributed by atoms with Gasteiger partial charge in [0.25, 0.3) is 0 Å². The number of nitrogens with zero attached hydrogens (tertiary/aromatic N) is 2. The van der Waals surface area contributed by atoms with Crippen LogP contribution in [0, 0.1) is 0 Å². The Bertz CT molecular complexity index is 1050. The third-order valence-electron chi connectivity index (χ3n) is 3.87. The molecule has 0 aliphatic heterocycles. The van der Waals surface area contributed by atoms with Crippen molar-refractivity contribution < 1.29 is 14.3 Å². The van der Waals surface area contributed by atoms with Crippen LogP contribution in [-0.4, -0.2) is 28.5 Å². The number of fused-ring (bicyclic) bond motifs is 1. The molecule has 0 atom stereocenters. The number of hydrogen-bond acceptors (Lipinski definition) is 6. The molecule has 0 aliphatic carbocycles. The molecule has 0 unspecified atom stereocenters. The van der Waals surface area contributed by atoms with Gasteiger partial charge < -0.3 is 15.8 Å². The highest BCUT2D eigenvalue weighted by molar-refractivity contribution is 6.06. The number of nitrogens with two attached hydrogens (primary N) is 1. The van der Waals surface area contributed by atoms with Crippen molar-refractivity contribution in [3.05, 3.63) is 60.9 Å². The van der Waals surface area contributed by atoms with Gasteiger partial charge in [0, 0.05) is 16.6 Å². The van der Waals surface area contributed by atoms with Crippen LogP contribution in [0.4, 0.5) is 11.4 Å². The Morgan fingerprint density at radius 3 is 2.85 bits per heavy atom. The van der Waals surface area contributed by atoms with E-state index in [1.165, 1.54) is 12.3 Å². The maximum absolute atomic E-state index is 12.0. The molecule has 0 bridgehead atoms. The lowest BCUT2D eigenvalue weighted by Crippen LogP contribution is -2.12. The van der Waals surface area contributed by atoms with E-state index in [-0.39, 0.29) is 23.9 Å². The number of carbonyl (C=O) groups excluding carboxylic acids is 2. The molecule has 0 saturated carbocycles. The molecular weight excluding hydrogens is 344 g/mol. The minimum atomic E-state index is -0.599. The van der Waals surface area contributed by atoms with Crippen LogP contribution >= 0.6 is 0 Å². The van der Waals surface area contributed by atoms with Crippen LogP contribution in [-0.2, 0) is 9.53 Å². The van der Waals surface area contributed by atoms with E-state index in [0.29, 0.717) is 17.1 Å². The average molecular weight is 362 g/mol. The molecule has 3 aromatic rings. The standard InChI is InChI=1S/C20H18N4O3/c1-3-17(25)23-16-7-5-6-12-8-9-13(10-14(12)16)19-22-11-15(21)18(24-19)20(26)27-4-2/h3,5-11H,1,4,21H2,2H3,(H,23,25). The molecular formula is C20H18N4O3. The number of aromatic nitrogens is 2. The molecule has 1 amide bonds. The summed E-state index contributed by atoms with van der Waals surface area (Å²) in [5, 5.41) is 4.52. The fourth-order valence-electron chi connectivity index (χ4n) is 2.60. The molecule has 2 aromatic carbocycles.